The van der Waals surface area contributed by atoms with Gasteiger partial charge in [-0.1, -0.05) is 8.58 Å². The lowest BCUT2D eigenvalue weighted by Gasteiger charge is -2.32. The van der Waals surface area contributed by atoms with Crippen LogP contribution in [0.1, 0.15) is 0 Å². The lowest BCUT2D eigenvalue weighted by atomic mass is 10.3. The quantitative estimate of drug-likeness (QED) is 0.523. The SMILES string of the molecule is CPC(N)(C(F)(F)F)C(F)(F)F. The van der Waals surface area contributed by atoms with Crippen LogP contribution in [0.25, 0.3) is 0 Å². The van der Waals surface area contributed by atoms with E-state index in [1.165, 1.54) is 0 Å². The predicted octanol–water partition coefficient (Wildman–Crippen LogP) is 2.07. The first-order chi connectivity index (χ1) is 5.06. The molecule has 0 aliphatic rings. The van der Waals surface area contributed by atoms with E-state index in [1.54, 1.807) is 0 Å². The monoisotopic (exact) mass is 213 g/mol. The minimum Gasteiger partial charge on any atom is -0.307 e. The molecule has 0 bridgehead atoms. The van der Waals surface area contributed by atoms with Crippen LogP contribution in [0.3, 0.4) is 0 Å². The highest BCUT2D eigenvalue weighted by molar-refractivity contribution is 7.39. The number of hydrogen-bond donors (Lipinski definition) is 1. The van der Waals surface area contributed by atoms with Crippen molar-refractivity contribution in [2.75, 3.05) is 6.66 Å². The number of nitrogens with two attached hydrogens (primary N) is 1. The van der Waals surface area contributed by atoms with E-state index >= 15 is 0 Å². The molecule has 0 heterocycles. The van der Waals surface area contributed by atoms with Crippen molar-refractivity contribution < 1.29 is 26.3 Å². The fourth-order valence-electron chi connectivity index (χ4n) is 0.444. The van der Waals surface area contributed by atoms with Crippen LogP contribution >= 0.6 is 8.58 Å². The molecule has 1 nitrogen and oxygen atoms in total. The van der Waals surface area contributed by atoms with Gasteiger partial charge in [-0.15, -0.1) is 0 Å². The Morgan fingerprint density at radius 2 is 1.17 bits per heavy atom. The molecule has 0 rings (SSSR count). The van der Waals surface area contributed by atoms with Crippen molar-refractivity contribution in [2.24, 2.45) is 5.73 Å². The van der Waals surface area contributed by atoms with Gasteiger partial charge in [0, 0.05) is 0 Å². The first-order valence-electron chi connectivity index (χ1n) is 2.67. The van der Waals surface area contributed by atoms with E-state index in [1.807, 2.05) is 0 Å². The van der Waals surface area contributed by atoms with Crippen LogP contribution < -0.4 is 5.73 Å². The predicted molar refractivity (Wildman–Crippen MR) is 33.3 cm³/mol. The summed E-state index contributed by atoms with van der Waals surface area (Å²) in [6, 6.07) is 0. The van der Waals surface area contributed by atoms with E-state index in [0.717, 1.165) is 6.66 Å². The van der Waals surface area contributed by atoms with Crippen molar-refractivity contribution in [3.63, 3.8) is 0 Å². The molecule has 0 aromatic rings. The standard InChI is InChI=1S/C4H6F6NP/c1-12-2(11,3(5,6)7)4(8,9)10/h12H,11H2,1H3. The van der Waals surface area contributed by atoms with E-state index in [0.29, 0.717) is 0 Å². The molecule has 0 fully saturated rings. The van der Waals surface area contributed by atoms with Gasteiger partial charge in [-0.25, -0.2) is 0 Å². The Bertz CT molecular complexity index is 146. The smallest absolute Gasteiger partial charge is 0.307 e. The summed E-state index contributed by atoms with van der Waals surface area (Å²) in [5.74, 6) is 0. The Hall–Kier alpha value is -0.0300. The van der Waals surface area contributed by atoms with Crippen LogP contribution in [0.4, 0.5) is 26.3 Å². The maximum absolute atomic E-state index is 11.8. The van der Waals surface area contributed by atoms with Gasteiger partial charge in [0.15, 0.2) is 0 Å². The highest BCUT2D eigenvalue weighted by atomic mass is 31.1. The molecule has 0 aliphatic heterocycles. The first kappa shape index (κ1) is 12.0. The summed E-state index contributed by atoms with van der Waals surface area (Å²) in [7, 11) is -1.47. The Labute approximate surface area is 66.1 Å². The number of hydrogen-bond acceptors (Lipinski definition) is 1. The molecular weight excluding hydrogens is 207 g/mol. The van der Waals surface area contributed by atoms with Crippen LogP contribution in [0.15, 0.2) is 0 Å². The van der Waals surface area contributed by atoms with E-state index < -0.39 is 26.2 Å². The second-order valence-electron chi connectivity index (χ2n) is 2.05. The molecule has 1 atom stereocenters. The van der Waals surface area contributed by atoms with Gasteiger partial charge in [0.05, 0.1) is 0 Å². The highest BCUT2D eigenvalue weighted by Crippen LogP contribution is 2.49. The van der Waals surface area contributed by atoms with Crippen LogP contribution in [0, 0.1) is 0 Å². The summed E-state index contributed by atoms with van der Waals surface area (Å²) in [6.07, 6.45) is -10.9. The van der Waals surface area contributed by atoms with Gasteiger partial charge in [0.25, 0.3) is 0 Å². The van der Waals surface area contributed by atoms with Crippen molar-refractivity contribution in [3.8, 4) is 0 Å². The van der Waals surface area contributed by atoms with Gasteiger partial charge in [-0.3, -0.25) is 0 Å². The molecular formula is C4H6F6NP. The summed E-state index contributed by atoms with van der Waals surface area (Å²) in [5.41, 5.74) is 4.21. The molecule has 8 heteroatoms. The maximum Gasteiger partial charge on any atom is 0.419 e. The molecule has 12 heavy (non-hydrogen) atoms. The van der Waals surface area contributed by atoms with Crippen molar-refractivity contribution >= 4 is 8.58 Å². The van der Waals surface area contributed by atoms with E-state index in [9.17, 15) is 26.3 Å². The van der Waals surface area contributed by atoms with Crippen LogP contribution in [-0.2, 0) is 0 Å². The van der Waals surface area contributed by atoms with Crippen molar-refractivity contribution in [2.45, 2.75) is 17.6 Å². The van der Waals surface area contributed by atoms with Crippen molar-refractivity contribution in [1.29, 1.82) is 0 Å². The summed E-state index contributed by atoms with van der Waals surface area (Å²) in [4.78, 5) is 0. The molecule has 0 aromatic heterocycles. The van der Waals surface area contributed by atoms with Gasteiger partial charge in [-0.05, 0) is 6.66 Å². The molecule has 1 unspecified atom stereocenters. The number of halogens is 6. The zero-order chi connectivity index (χ0) is 10.2. The van der Waals surface area contributed by atoms with Gasteiger partial charge >= 0.3 is 12.4 Å². The van der Waals surface area contributed by atoms with Gasteiger partial charge in [-0.2, -0.15) is 26.3 Å². The van der Waals surface area contributed by atoms with Gasteiger partial charge < -0.3 is 5.73 Å². The van der Waals surface area contributed by atoms with Crippen LogP contribution in [0.2, 0.25) is 0 Å². The third-order valence-corrected chi connectivity index (χ3v) is 2.64. The maximum atomic E-state index is 11.8. The van der Waals surface area contributed by atoms with Crippen LogP contribution in [0.5, 0.6) is 0 Å². The van der Waals surface area contributed by atoms with Crippen molar-refractivity contribution in [3.05, 3.63) is 0 Å². The zero-order valence-corrected chi connectivity index (χ0v) is 6.85. The molecule has 0 radical (unpaired) electrons. The lowest BCUT2D eigenvalue weighted by Crippen LogP contribution is -2.60. The highest BCUT2D eigenvalue weighted by Gasteiger charge is 2.67. The second kappa shape index (κ2) is 3.03. The number of rotatable bonds is 1. The molecule has 0 aliphatic carbocycles. The van der Waals surface area contributed by atoms with E-state index in [-0.39, 0.29) is 0 Å². The normalized spacial score (nSPS) is 16.0. The van der Waals surface area contributed by atoms with E-state index in [4.69, 9.17) is 0 Å². The Balaban J connectivity index is 4.95. The molecule has 0 saturated heterocycles. The zero-order valence-electron chi connectivity index (χ0n) is 5.85. The minimum absolute atomic E-state index is 0.765. The molecule has 0 saturated carbocycles. The largest absolute Gasteiger partial charge is 0.419 e. The topological polar surface area (TPSA) is 26.0 Å². The van der Waals surface area contributed by atoms with Gasteiger partial charge in [0.1, 0.15) is 0 Å². The third kappa shape index (κ3) is 1.82. The fourth-order valence-corrected chi connectivity index (χ4v) is 1.01. The Kier molecular flexibility index (Phi) is 3.02. The Morgan fingerprint density at radius 3 is 1.17 bits per heavy atom. The number of alkyl halides is 6. The molecule has 2 N–H and O–H groups in total. The average Bonchev–Trinajstić information content (AvgIpc) is 1.81. The summed E-state index contributed by atoms with van der Waals surface area (Å²) in [5, 5.41) is -4.06. The van der Waals surface area contributed by atoms with Gasteiger partial charge in [0.2, 0.25) is 5.28 Å². The van der Waals surface area contributed by atoms with E-state index in [2.05, 4.69) is 5.73 Å². The molecule has 74 valence electrons. The Morgan fingerprint density at radius 1 is 0.917 bits per heavy atom. The summed E-state index contributed by atoms with van der Waals surface area (Å²) >= 11 is 0. The average molecular weight is 213 g/mol. The lowest BCUT2D eigenvalue weighted by molar-refractivity contribution is -0.264. The van der Waals surface area contributed by atoms with Crippen LogP contribution in [-0.4, -0.2) is 24.3 Å². The first-order valence-corrected chi connectivity index (χ1v) is 4.17. The van der Waals surface area contributed by atoms with Crippen molar-refractivity contribution in [1.82, 2.24) is 0 Å². The molecule has 0 spiro atoms. The summed E-state index contributed by atoms with van der Waals surface area (Å²) in [6.45, 7) is 0.765. The molecule has 0 aromatic carbocycles. The molecule has 0 amide bonds. The second-order valence-corrected chi connectivity index (χ2v) is 3.34. The summed E-state index contributed by atoms with van der Waals surface area (Å²) < 4.78 is 70.6. The fraction of sp³-hybridized carbons (Fsp3) is 1.00. The minimum atomic E-state index is -5.45. The third-order valence-electron chi connectivity index (χ3n) is 1.29.